The second-order valence-corrected chi connectivity index (χ2v) is 4.16. The normalized spacial score (nSPS) is 20.6. The van der Waals surface area contributed by atoms with Gasteiger partial charge in [-0.25, -0.2) is 0 Å². The van der Waals surface area contributed by atoms with Gasteiger partial charge in [-0.1, -0.05) is 13.0 Å². The zero-order valence-corrected chi connectivity index (χ0v) is 8.74. The van der Waals surface area contributed by atoms with Gasteiger partial charge in [0.1, 0.15) is 0 Å². The van der Waals surface area contributed by atoms with E-state index in [1.54, 1.807) is 0 Å². The lowest BCUT2D eigenvalue weighted by Crippen LogP contribution is -2.30. The molecular formula is C12H18N2. The topological polar surface area (TPSA) is 24.9 Å². The molecule has 1 unspecified atom stereocenters. The first-order valence-corrected chi connectivity index (χ1v) is 5.48. The van der Waals surface area contributed by atoms with Crippen LogP contribution in [0.2, 0.25) is 0 Å². The van der Waals surface area contributed by atoms with Crippen LogP contribution in [-0.4, -0.2) is 18.1 Å². The number of rotatable bonds is 2. The molecule has 1 saturated heterocycles. The number of hydrogen-bond acceptors (Lipinski definition) is 2. The zero-order chi connectivity index (χ0) is 9.80. The number of nitrogens with zero attached hydrogens (tertiary/aromatic N) is 1. The van der Waals surface area contributed by atoms with E-state index in [0.29, 0.717) is 5.92 Å². The molecule has 0 saturated carbocycles. The molecule has 0 aromatic carbocycles. The first-order chi connectivity index (χ1) is 6.88. The van der Waals surface area contributed by atoms with Gasteiger partial charge in [0.2, 0.25) is 0 Å². The summed E-state index contributed by atoms with van der Waals surface area (Å²) in [4.78, 5) is 4.18. The van der Waals surface area contributed by atoms with Gasteiger partial charge in [-0.3, -0.25) is 4.98 Å². The molecule has 0 amide bonds. The molecule has 1 aromatic rings. The van der Waals surface area contributed by atoms with Crippen LogP contribution in [0.1, 0.15) is 31.2 Å². The largest absolute Gasteiger partial charge is 0.317 e. The predicted molar refractivity (Wildman–Crippen MR) is 58.2 cm³/mol. The van der Waals surface area contributed by atoms with Crippen LogP contribution in [-0.2, 0) is 0 Å². The van der Waals surface area contributed by atoms with Crippen LogP contribution in [0.15, 0.2) is 24.5 Å². The fourth-order valence-corrected chi connectivity index (χ4v) is 2.26. The van der Waals surface area contributed by atoms with Crippen LogP contribution >= 0.6 is 0 Å². The maximum atomic E-state index is 4.18. The van der Waals surface area contributed by atoms with Gasteiger partial charge < -0.3 is 5.32 Å². The summed E-state index contributed by atoms with van der Waals surface area (Å²) in [6.07, 6.45) is 6.46. The molecule has 1 atom stereocenters. The van der Waals surface area contributed by atoms with E-state index in [0.717, 1.165) is 5.92 Å². The van der Waals surface area contributed by atoms with E-state index >= 15 is 0 Å². The van der Waals surface area contributed by atoms with Crippen molar-refractivity contribution >= 4 is 0 Å². The van der Waals surface area contributed by atoms with E-state index < -0.39 is 0 Å². The van der Waals surface area contributed by atoms with Crippen molar-refractivity contribution in [3.05, 3.63) is 30.1 Å². The number of piperidine rings is 1. The highest BCUT2D eigenvalue weighted by Gasteiger charge is 2.20. The number of hydrogen-bond donors (Lipinski definition) is 1. The quantitative estimate of drug-likeness (QED) is 0.773. The molecule has 2 rings (SSSR count). The first kappa shape index (κ1) is 9.66. The fourth-order valence-electron chi connectivity index (χ4n) is 2.26. The molecule has 1 N–H and O–H groups in total. The zero-order valence-electron chi connectivity index (χ0n) is 8.74. The summed E-state index contributed by atoms with van der Waals surface area (Å²) in [7, 11) is 0. The predicted octanol–water partition coefficient (Wildman–Crippen LogP) is 2.18. The summed E-state index contributed by atoms with van der Waals surface area (Å²) in [5.41, 5.74) is 1.39. The minimum Gasteiger partial charge on any atom is -0.317 e. The lowest BCUT2D eigenvalue weighted by molar-refractivity contribution is 0.330. The molecule has 0 spiro atoms. The third-order valence-corrected chi connectivity index (χ3v) is 3.30. The Morgan fingerprint density at radius 2 is 2.21 bits per heavy atom. The summed E-state index contributed by atoms with van der Waals surface area (Å²) in [6.45, 7) is 4.68. The maximum absolute atomic E-state index is 4.18. The van der Waals surface area contributed by atoms with Crippen molar-refractivity contribution in [2.24, 2.45) is 5.92 Å². The van der Waals surface area contributed by atoms with Gasteiger partial charge in [-0.2, -0.15) is 0 Å². The molecule has 2 nitrogen and oxygen atoms in total. The summed E-state index contributed by atoms with van der Waals surface area (Å²) in [6, 6.07) is 4.23. The van der Waals surface area contributed by atoms with Crippen LogP contribution in [0.25, 0.3) is 0 Å². The van der Waals surface area contributed by atoms with Crippen LogP contribution in [0.5, 0.6) is 0 Å². The average Bonchev–Trinajstić information content (AvgIpc) is 2.30. The molecule has 0 radical (unpaired) electrons. The molecule has 0 bridgehead atoms. The van der Waals surface area contributed by atoms with Gasteiger partial charge in [0.15, 0.2) is 0 Å². The van der Waals surface area contributed by atoms with Crippen LogP contribution < -0.4 is 5.32 Å². The molecule has 1 fully saturated rings. The Labute approximate surface area is 85.7 Å². The molecule has 1 aliphatic heterocycles. The minimum atomic E-state index is 0.658. The number of nitrogens with one attached hydrogen (secondary N) is 1. The Hall–Kier alpha value is -0.890. The summed E-state index contributed by atoms with van der Waals surface area (Å²) >= 11 is 0. The molecule has 2 heterocycles. The highest BCUT2D eigenvalue weighted by atomic mass is 14.9. The van der Waals surface area contributed by atoms with Crippen molar-refractivity contribution in [1.29, 1.82) is 0 Å². The van der Waals surface area contributed by atoms with Gasteiger partial charge >= 0.3 is 0 Å². The van der Waals surface area contributed by atoms with Crippen molar-refractivity contribution in [2.45, 2.75) is 25.7 Å². The molecule has 1 aliphatic rings. The fraction of sp³-hybridized carbons (Fsp3) is 0.583. The second kappa shape index (κ2) is 4.56. The van der Waals surface area contributed by atoms with Crippen molar-refractivity contribution in [3.8, 4) is 0 Å². The van der Waals surface area contributed by atoms with Crippen LogP contribution in [0.3, 0.4) is 0 Å². The van der Waals surface area contributed by atoms with Crippen molar-refractivity contribution in [3.63, 3.8) is 0 Å². The molecule has 14 heavy (non-hydrogen) atoms. The van der Waals surface area contributed by atoms with Gasteiger partial charge in [0.05, 0.1) is 0 Å². The van der Waals surface area contributed by atoms with E-state index in [2.05, 4.69) is 23.3 Å². The van der Waals surface area contributed by atoms with Gasteiger partial charge in [-0.05, 0) is 49.4 Å². The standard InChI is InChI=1S/C12H18N2/c1-10(11-4-7-13-8-5-11)12-3-2-6-14-9-12/h2-3,6,9-11,13H,4-5,7-8H2,1H3. The molecule has 0 aliphatic carbocycles. The van der Waals surface area contributed by atoms with E-state index in [1.807, 2.05) is 18.5 Å². The first-order valence-electron chi connectivity index (χ1n) is 5.48. The Balaban J connectivity index is 2.03. The maximum Gasteiger partial charge on any atom is 0.0302 e. The highest BCUT2D eigenvalue weighted by molar-refractivity contribution is 5.14. The Morgan fingerprint density at radius 1 is 1.43 bits per heavy atom. The van der Waals surface area contributed by atoms with Gasteiger partial charge in [-0.15, -0.1) is 0 Å². The molecular weight excluding hydrogens is 172 g/mol. The highest BCUT2D eigenvalue weighted by Crippen LogP contribution is 2.29. The number of pyridine rings is 1. The third-order valence-electron chi connectivity index (χ3n) is 3.30. The molecule has 76 valence electrons. The van der Waals surface area contributed by atoms with Crippen LogP contribution in [0, 0.1) is 5.92 Å². The van der Waals surface area contributed by atoms with E-state index in [4.69, 9.17) is 0 Å². The van der Waals surface area contributed by atoms with E-state index in [9.17, 15) is 0 Å². The van der Waals surface area contributed by atoms with Gasteiger partial charge in [0, 0.05) is 12.4 Å². The minimum absolute atomic E-state index is 0.658. The van der Waals surface area contributed by atoms with Crippen molar-refractivity contribution in [2.75, 3.05) is 13.1 Å². The summed E-state index contributed by atoms with van der Waals surface area (Å²) < 4.78 is 0. The second-order valence-electron chi connectivity index (χ2n) is 4.16. The van der Waals surface area contributed by atoms with Crippen molar-refractivity contribution < 1.29 is 0 Å². The third kappa shape index (κ3) is 2.13. The Bertz CT molecular complexity index is 265. The summed E-state index contributed by atoms with van der Waals surface area (Å²) in [5.74, 6) is 1.49. The van der Waals surface area contributed by atoms with Crippen molar-refractivity contribution in [1.82, 2.24) is 10.3 Å². The van der Waals surface area contributed by atoms with Gasteiger partial charge in [0.25, 0.3) is 0 Å². The average molecular weight is 190 g/mol. The van der Waals surface area contributed by atoms with E-state index in [1.165, 1.54) is 31.5 Å². The lowest BCUT2D eigenvalue weighted by atomic mass is 9.82. The van der Waals surface area contributed by atoms with Crippen LogP contribution in [0.4, 0.5) is 0 Å². The smallest absolute Gasteiger partial charge is 0.0302 e. The SMILES string of the molecule is CC(c1cccnc1)C1CCNCC1. The Morgan fingerprint density at radius 3 is 2.86 bits per heavy atom. The Kier molecular flexibility index (Phi) is 3.14. The molecule has 1 aromatic heterocycles. The molecule has 2 heteroatoms. The monoisotopic (exact) mass is 190 g/mol. The lowest BCUT2D eigenvalue weighted by Gasteiger charge is -2.28. The summed E-state index contributed by atoms with van der Waals surface area (Å²) in [5, 5.41) is 3.41. The van der Waals surface area contributed by atoms with E-state index in [-0.39, 0.29) is 0 Å². The number of aromatic nitrogens is 1.